The number of ketones is 1. The first-order valence-corrected chi connectivity index (χ1v) is 19.9. The zero-order chi connectivity index (χ0) is 30.3. The largest absolute Gasteiger partial charge is 0.412 e. The Kier molecular flexibility index (Phi) is 13.1. The fraction of sp³-hybridized carbons (Fsp3) is 0.629. The molecule has 0 aromatic heterocycles. The minimum Gasteiger partial charge on any atom is -0.412 e. The highest BCUT2D eigenvalue weighted by Gasteiger charge is 2.45. The van der Waals surface area contributed by atoms with Crippen LogP contribution in [0.5, 0.6) is 0 Å². The molecule has 0 aliphatic heterocycles. The van der Waals surface area contributed by atoms with E-state index in [0.717, 1.165) is 11.1 Å². The summed E-state index contributed by atoms with van der Waals surface area (Å²) in [6, 6.07) is 16.9. The molecule has 3 nitrogen and oxygen atoms in total. The fourth-order valence-corrected chi connectivity index (χ4v) is 18.3. The second-order valence-corrected chi connectivity index (χ2v) is 24.7. The summed E-state index contributed by atoms with van der Waals surface area (Å²) in [5.41, 5.74) is 7.93. The molecule has 2 rings (SSSR count). The summed E-state index contributed by atoms with van der Waals surface area (Å²) in [4.78, 5) is 12.9. The molecular weight excluding hydrogens is 525 g/mol. The highest BCUT2D eigenvalue weighted by Crippen LogP contribution is 2.43. The van der Waals surface area contributed by atoms with Crippen molar-refractivity contribution in [2.75, 3.05) is 0 Å². The van der Waals surface area contributed by atoms with Gasteiger partial charge in [0.05, 0.1) is 13.2 Å². The van der Waals surface area contributed by atoms with Gasteiger partial charge >= 0.3 is 0 Å². The number of benzene rings is 2. The van der Waals surface area contributed by atoms with E-state index in [9.17, 15) is 4.79 Å². The van der Waals surface area contributed by atoms with Crippen LogP contribution in [0.15, 0.2) is 48.5 Å². The maximum absolute atomic E-state index is 12.9. The highest BCUT2D eigenvalue weighted by molar-refractivity contribution is 6.78. The average molecular weight is 583 g/mol. The van der Waals surface area contributed by atoms with E-state index >= 15 is 0 Å². The van der Waals surface area contributed by atoms with Crippen molar-refractivity contribution >= 4 is 22.4 Å². The van der Waals surface area contributed by atoms with E-state index in [1.807, 2.05) is 0 Å². The van der Waals surface area contributed by atoms with Crippen LogP contribution in [0.3, 0.4) is 0 Å². The van der Waals surface area contributed by atoms with Crippen molar-refractivity contribution in [1.82, 2.24) is 0 Å². The molecule has 0 aliphatic carbocycles. The van der Waals surface area contributed by atoms with E-state index in [1.54, 1.807) is 0 Å². The zero-order valence-corrected chi connectivity index (χ0v) is 29.6. The Balaban J connectivity index is 1.95. The monoisotopic (exact) mass is 582 g/mol. The number of carbonyl (C=O) groups is 1. The van der Waals surface area contributed by atoms with Crippen molar-refractivity contribution in [3.05, 3.63) is 70.8 Å². The Labute approximate surface area is 248 Å². The van der Waals surface area contributed by atoms with Crippen molar-refractivity contribution in [3.8, 4) is 0 Å². The smallest absolute Gasteiger partial charge is 0.200 e. The Hall–Kier alpha value is -1.54. The number of carbonyl (C=O) groups excluding carboxylic acids is 1. The molecule has 0 aliphatic rings. The van der Waals surface area contributed by atoms with Gasteiger partial charge in [0, 0.05) is 12.8 Å². The van der Waals surface area contributed by atoms with E-state index in [-0.39, 0.29) is 5.78 Å². The maximum Gasteiger partial charge on any atom is 0.200 e. The molecule has 2 aromatic rings. The topological polar surface area (TPSA) is 35.5 Å². The molecule has 0 heterocycles. The third-order valence-corrected chi connectivity index (χ3v) is 21.4. The first-order chi connectivity index (χ1) is 18.7. The Morgan fingerprint density at radius 2 is 0.700 bits per heavy atom. The average Bonchev–Trinajstić information content (AvgIpc) is 2.85. The van der Waals surface area contributed by atoms with Gasteiger partial charge in [-0.05, 0) is 55.5 Å². The van der Waals surface area contributed by atoms with Crippen LogP contribution in [-0.2, 0) is 39.7 Å². The lowest BCUT2D eigenvalue weighted by atomic mass is 10.0. The molecule has 5 heteroatoms. The molecule has 0 spiro atoms. The van der Waals surface area contributed by atoms with Crippen LogP contribution < -0.4 is 0 Å². The molecule has 0 amide bonds. The van der Waals surface area contributed by atoms with E-state index in [1.165, 1.54) is 11.1 Å². The van der Waals surface area contributed by atoms with Crippen LogP contribution in [0.2, 0.25) is 33.2 Å². The Morgan fingerprint density at radius 3 is 0.925 bits per heavy atom. The van der Waals surface area contributed by atoms with Crippen LogP contribution in [-0.4, -0.2) is 22.4 Å². The first kappa shape index (κ1) is 34.7. The summed E-state index contributed by atoms with van der Waals surface area (Å²) in [6.45, 7) is 29.1. The van der Waals surface area contributed by atoms with Crippen molar-refractivity contribution in [2.45, 2.75) is 142 Å². The predicted molar refractivity (Wildman–Crippen MR) is 177 cm³/mol. The van der Waals surface area contributed by atoms with Crippen LogP contribution in [0.25, 0.3) is 0 Å². The molecule has 0 fully saturated rings. The molecule has 0 N–H and O–H groups in total. The predicted octanol–water partition coefficient (Wildman–Crippen LogP) is 10.4. The molecule has 0 saturated carbocycles. The van der Waals surface area contributed by atoms with Crippen molar-refractivity contribution in [3.63, 3.8) is 0 Å². The van der Waals surface area contributed by atoms with Gasteiger partial charge < -0.3 is 8.85 Å². The van der Waals surface area contributed by atoms with Crippen LogP contribution >= 0.6 is 0 Å². The normalized spacial score (nSPS) is 13.1. The van der Waals surface area contributed by atoms with Gasteiger partial charge in [0.25, 0.3) is 0 Å². The number of Topliss-reactive ketones (excluding diaryl/α,β-unsaturated/α-hetero) is 1. The van der Waals surface area contributed by atoms with Gasteiger partial charge in [-0.1, -0.05) is 132 Å². The lowest BCUT2D eigenvalue weighted by Crippen LogP contribution is -2.47. The van der Waals surface area contributed by atoms with Gasteiger partial charge in [0.2, 0.25) is 16.6 Å². The summed E-state index contributed by atoms with van der Waals surface area (Å²) in [7, 11) is -3.78. The molecule has 2 aromatic carbocycles. The summed E-state index contributed by atoms with van der Waals surface area (Å²) in [5, 5.41) is 0. The molecular formula is C35H58O3Si2. The third kappa shape index (κ3) is 8.27. The van der Waals surface area contributed by atoms with Crippen molar-refractivity contribution < 1.29 is 13.6 Å². The minimum atomic E-state index is -1.89. The molecule has 224 valence electrons. The van der Waals surface area contributed by atoms with E-state index in [0.29, 0.717) is 59.3 Å². The third-order valence-electron chi connectivity index (χ3n) is 9.24. The zero-order valence-electron chi connectivity index (χ0n) is 27.6. The molecule has 0 saturated heterocycles. The van der Waals surface area contributed by atoms with Gasteiger partial charge in [-0.25, -0.2) is 0 Å². The summed E-state index contributed by atoms with van der Waals surface area (Å²) in [5.74, 6) is 0.240. The van der Waals surface area contributed by atoms with Gasteiger partial charge in [-0.2, -0.15) is 0 Å². The molecule has 0 bridgehead atoms. The van der Waals surface area contributed by atoms with Crippen LogP contribution in [0, 0.1) is 0 Å². The SMILES string of the molecule is CC(C)[Si](OCc1ccc(CC(=O)Cc2ccc(CO[Si](C(C)C)(C(C)C)C(C)C)cc2)cc1)(C(C)C)C(C)C. The quantitative estimate of drug-likeness (QED) is 0.185. The van der Waals surface area contributed by atoms with Crippen molar-refractivity contribution in [1.29, 1.82) is 0 Å². The number of rotatable bonds is 16. The van der Waals surface area contributed by atoms with Gasteiger partial charge in [0.15, 0.2) is 0 Å². The number of hydrogen-bond acceptors (Lipinski definition) is 3. The van der Waals surface area contributed by atoms with Gasteiger partial charge in [0.1, 0.15) is 5.78 Å². The van der Waals surface area contributed by atoms with Crippen LogP contribution in [0.4, 0.5) is 0 Å². The molecule has 0 radical (unpaired) electrons. The Bertz CT molecular complexity index is 910. The minimum absolute atomic E-state index is 0.240. The van der Waals surface area contributed by atoms with E-state index in [4.69, 9.17) is 8.85 Å². The lowest BCUT2D eigenvalue weighted by molar-refractivity contribution is -0.117. The second kappa shape index (κ2) is 15.1. The Morgan fingerprint density at radius 1 is 0.475 bits per heavy atom. The first-order valence-electron chi connectivity index (χ1n) is 15.6. The maximum atomic E-state index is 12.9. The standard InChI is InChI=1S/C35H58O3Si2/c1-25(2)39(26(3)4,27(5)6)37-23-33-17-13-31(14-18-33)21-35(36)22-32-15-19-34(20-16-32)24-38-40(28(7)8,29(9)10)30(11)12/h13-20,25-30H,21-24H2,1-12H3. The van der Waals surface area contributed by atoms with E-state index in [2.05, 4.69) is 132 Å². The van der Waals surface area contributed by atoms with Gasteiger partial charge in [-0.3, -0.25) is 4.79 Å². The molecule has 0 unspecified atom stereocenters. The summed E-state index contributed by atoms with van der Waals surface area (Å²) in [6.07, 6.45) is 0.917. The second-order valence-electron chi connectivity index (χ2n) is 13.7. The molecule has 0 atom stereocenters. The fourth-order valence-electron chi connectivity index (χ4n) is 7.44. The summed E-state index contributed by atoms with van der Waals surface area (Å²) < 4.78 is 13.5. The highest BCUT2D eigenvalue weighted by atomic mass is 28.4. The summed E-state index contributed by atoms with van der Waals surface area (Å²) >= 11 is 0. The van der Waals surface area contributed by atoms with Gasteiger partial charge in [-0.15, -0.1) is 0 Å². The lowest BCUT2D eigenvalue weighted by Gasteiger charge is -2.42. The van der Waals surface area contributed by atoms with E-state index < -0.39 is 16.6 Å². The van der Waals surface area contributed by atoms with Crippen LogP contribution in [0.1, 0.15) is 105 Å². The van der Waals surface area contributed by atoms with Crippen molar-refractivity contribution in [2.24, 2.45) is 0 Å². The number of hydrogen-bond donors (Lipinski definition) is 0. The molecule has 40 heavy (non-hydrogen) atoms.